The minimum absolute atomic E-state index is 0.286. The summed E-state index contributed by atoms with van der Waals surface area (Å²) < 4.78 is 17.0. The van der Waals surface area contributed by atoms with Gasteiger partial charge < -0.3 is 19.3 Å². The summed E-state index contributed by atoms with van der Waals surface area (Å²) in [4.78, 5) is 4.82. The van der Waals surface area contributed by atoms with Crippen LogP contribution in [0.5, 0.6) is 11.5 Å². The van der Waals surface area contributed by atoms with E-state index in [0.717, 1.165) is 68.9 Å². The van der Waals surface area contributed by atoms with Gasteiger partial charge >= 0.3 is 0 Å². The number of hydrogen-bond acceptors (Lipinski definition) is 7. The second-order valence-electron chi connectivity index (χ2n) is 8.11. The molecule has 0 aromatic heterocycles. The Labute approximate surface area is 172 Å². The van der Waals surface area contributed by atoms with Gasteiger partial charge in [-0.15, -0.1) is 0 Å². The van der Waals surface area contributed by atoms with Gasteiger partial charge in [-0.2, -0.15) is 11.8 Å². The van der Waals surface area contributed by atoms with Gasteiger partial charge in [0.05, 0.1) is 20.3 Å². The van der Waals surface area contributed by atoms with Crippen molar-refractivity contribution in [2.75, 3.05) is 71.2 Å². The highest BCUT2D eigenvalue weighted by Gasteiger charge is 2.36. The summed E-state index contributed by atoms with van der Waals surface area (Å²) in [6, 6.07) is 6.14. The summed E-state index contributed by atoms with van der Waals surface area (Å²) in [6.07, 6.45) is -0.491. The summed E-state index contributed by atoms with van der Waals surface area (Å²) >= 11 is 1.98. The molecule has 0 spiro atoms. The maximum absolute atomic E-state index is 10.4. The van der Waals surface area contributed by atoms with E-state index in [1.165, 1.54) is 5.56 Å². The molecule has 3 heterocycles. The summed E-state index contributed by atoms with van der Waals surface area (Å²) in [5.41, 5.74) is 1.22. The number of aliphatic hydroxyl groups is 1. The second-order valence-corrected chi connectivity index (χ2v) is 9.34. The number of benzene rings is 1. The highest BCUT2D eigenvalue weighted by atomic mass is 32.2. The summed E-state index contributed by atoms with van der Waals surface area (Å²) in [7, 11) is 1.66. The minimum atomic E-state index is -0.491. The van der Waals surface area contributed by atoms with Crippen molar-refractivity contribution in [2.24, 2.45) is 11.8 Å². The summed E-state index contributed by atoms with van der Waals surface area (Å²) in [5, 5.41) is 10.4. The molecule has 4 rings (SSSR count). The van der Waals surface area contributed by atoms with Crippen molar-refractivity contribution in [2.45, 2.75) is 12.6 Å². The highest BCUT2D eigenvalue weighted by Crippen LogP contribution is 2.32. The average Bonchev–Trinajstić information content (AvgIpc) is 3.29. The van der Waals surface area contributed by atoms with E-state index in [9.17, 15) is 5.11 Å². The molecule has 1 N–H and O–H groups in total. The zero-order valence-electron chi connectivity index (χ0n) is 16.7. The van der Waals surface area contributed by atoms with Gasteiger partial charge in [-0.25, -0.2) is 0 Å². The standard InChI is InChI=1S/C21H32N2O4S/c1-25-20-3-2-16(9-23-10-17-13-26-14-18(17)11-23)8-21(20)27-15-19(24)12-22-4-6-28-7-5-22/h2-3,8,17-19,24H,4-7,9-15H2,1H3/t17-,18+,19?. The van der Waals surface area contributed by atoms with Crippen LogP contribution in [0.1, 0.15) is 5.56 Å². The minimum Gasteiger partial charge on any atom is -0.493 e. The third-order valence-electron chi connectivity index (χ3n) is 5.95. The molecule has 3 atom stereocenters. The number of ether oxygens (including phenoxy) is 3. The zero-order chi connectivity index (χ0) is 19.3. The summed E-state index contributed by atoms with van der Waals surface area (Å²) in [5.74, 6) is 5.12. The van der Waals surface area contributed by atoms with Gasteiger partial charge in [0.15, 0.2) is 11.5 Å². The third kappa shape index (κ3) is 5.13. The molecule has 3 aliphatic heterocycles. The molecule has 0 aliphatic carbocycles. The maximum atomic E-state index is 10.4. The Kier molecular flexibility index (Phi) is 7.01. The van der Waals surface area contributed by atoms with Crippen LogP contribution in [0.25, 0.3) is 0 Å². The lowest BCUT2D eigenvalue weighted by Crippen LogP contribution is -2.40. The molecular weight excluding hydrogens is 376 g/mol. The monoisotopic (exact) mass is 408 g/mol. The first-order valence-electron chi connectivity index (χ1n) is 10.3. The Hall–Kier alpha value is -0.990. The SMILES string of the molecule is COc1ccc(CN2C[C@H]3COC[C@H]3C2)cc1OCC(O)CN1CCSCC1. The molecule has 3 fully saturated rings. The molecule has 7 heteroatoms. The number of aliphatic hydroxyl groups excluding tert-OH is 1. The van der Waals surface area contributed by atoms with Crippen molar-refractivity contribution in [1.82, 2.24) is 9.80 Å². The second kappa shape index (κ2) is 9.67. The van der Waals surface area contributed by atoms with Crippen LogP contribution >= 0.6 is 11.8 Å². The van der Waals surface area contributed by atoms with Crippen molar-refractivity contribution < 1.29 is 19.3 Å². The Bertz CT molecular complexity index is 629. The third-order valence-corrected chi connectivity index (χ3v) is 6.90. The first-order chi connectivity index (χ1) is 13.7. The van der Waals surface area contributed by atoms with Gasteiger partial charge in [-0.3, -0.25) is 9.80 Å². The van der Waals surface area contributed by atoms with E-state index in [-0.39, 0.29) is 6.61 Å². The largest absolute Gasteiger partial charge is 0.493 e. The van der Waals surface area contributed by atoms with Gasteiger partial charge in [-0.1, -0.05) is 6.07 Å². The Morgan fingerprint density at radius 2 is 1.89 bits per heavy atom. The highest BCUT2D eigenvalue weighted by molar-refractivity contribution is 7.99. The lowest BCUT2D eigenvalue weighted by Gasteiger charge is -2.28. The first-order valence-corrected chi connectivity index (χ1v) is 11.4. The fourth-order valence-corrected chi connectivity index (χ4v) is 5.40. The molecule has 156 valence electrons. The molecule has 1 aromatic rings. The normalized spacial score (nSPS) is 26.9. The number of β-amino-alcohol motifs (C(OH)–C–C–N with tert-alkyl or cyclic N) is 1. The zero-order valence-corrected chi connectivity index (χ0v) is 17.5. The number of hydrogen-bond donors (Lipinski definition) is 1. The number of methoxy groups -OCH3 is 1. The van der Waals surface area contributed by atoms with Crippen LogP contribution in [0.3, 0.4) is 0 Å². The molecule has 3 saturated heterocycles. The van der Waals surface area contributed by atoms with Crippen LogP contribution in [0, 0.1) is 11.8 Å². The van der Waals surface area contributed by atoms with Gasteiger partial charge in [-0.05, 0) is 17.7 Å². The van der Waals surface area contributed by atoms with Crippen LogP contribution < -0.4 is 9.47 Å². The van der Waals surface area contributed by atoms with E-state index in [0.29, 0.717) is 18.4 Å². The van der Waals surface area contributed by atoms with Gasteiger partial charge in [0.2, 0.25) is 0 Å². The molecule has 0 saturated carbocycles. The maximum Gasteiger partial charge on any atom is 0.161 e. The predicted octanol–water partition coefficient (Wildman–Crippen LogP) is 1.56. The molecule has 1 aromatic carbocycles. The number of fused-ring (bicyclic) bond motifs is 1. The van der Waals surface area contributed by atoms with Crippen molar-refractivity contribution in [1.29, 1.82) is 0 Å². The van der Waals surface area contributed by atoms with E-state index in [4.69, 9.17) is 14.2 Å². The molecule has 0 amide bonds. The van der Waals surface area contributed by atoms with Gasteiger partial charge in [0, 0.05) is 62.6 Å². The van der Waals surface area contributed by atoms with Crippen LogP contribution in [-0.2, 0) is 11.3 Å². The average molecular weight is 409 g/mol. The number of nitrogens with zero attached hydrogens (tertiary/aromatic N) is 2. The molecule has 0 radical (unpaired) electrons. The molecular formula is C21H32N2O4S. The summed E-state index contributed by atoms with van der Waals surface area (Å²) in [6.45, 7) is 8.00. The van der Waals surface area contributed by atoms with Gasteiger partial charge in [0.25, 0.3) is 0 Å². The van der Waals surface area contributed by atoms with Crippen LogP contribution in [0.4, 0.5) is 0 Å². The molecule has 6 nitrogen and oxygen atoms in total. The lowest BCUT2D eigenvalue weighted by molar-refractivity contribution is 0.0704. The number of likely N-dealkylation sites (tertiary alicyclic amines) is 1. The molecule has 1 unspecified atom stereocenters. The first kappa shape index (κ1) is 20.3. The van der Waals surface area contributed by atoms with Crippen molar-refractivity contribution in [3.05, 3.63) is 23.8 Å². The lowest BCUT2D eigenvalue weighted by atomic mass is 10.0. The number of thioether (sulfide) groups is 1. The smallest absolute Gasteiger partial charge is 0.161 e. The molecule has 0 bridgehead atoms. The van der Waals surface area contributed by atoms with Crippen LogP contribution in [0.2, 0.25) is 0 Å². The van der Waals surface area contributed by atoms with Crippen LogP contribution in [-0.4, -0.2) is 92.2 Å². The van der Waals surface area contributed by atoms with Crippen molar-refractivity contribution in [3.8, 4) is 11.5 Å². The Morgan fingerprint density at radius 1 is 1.14 bits per heavy atom. The fourth-order valence-electron chi connectivity index (χ4n) is 4.42. The van der Waals surface area contributed by atoms with Crippen molar-refractivity contribution in [3.63, 3.8) is 0 Å². The number of rotatable bonds is 8. The van der Waals surface area contributed by atoms with E-state index in [1.807, 2.05) is 17.8 Å². The molecule has 28 heavy (non-hydrogen) atoms. The van der Waals surface area contributed by atoms with Crippen LogP contribution in [0.15, 0.2) is 18.2 Å². The molecule has 3 aliphatic rings. The Balaban J connectivity index is 1.31. The predicted molar refractivity (Wildman–Crippen MR) is 111 cm³/mol. The van der Waals surface area contributed by atoms with Crippen molar-refractivity contribution >= 4 is 11.8 Å². The van der Waals surface area contributed by atoms with Gasteiger partial charge in [0.1, 0.15) is 12.7 Å². The van der Waals surface area contributed by atoms with E-state index in [1.54, 1.807) is 7.11 Å². The topological polar surface area (TPSA) is 54.4 Å². The quantitative estimate of drug-likeness (QED) is 0.701. The fraction of sp³-hybridized carbons (Fsp3) is 0.714. The van der Waals surface area contributed by atoms with E-state index in [2.05, 4.69) is 21.9 Å². The van der Waals surface area contributed by atoms with E-state index < -0.39 is 6.10 Å². The Morgan fingerprint density at radius 3 is 2.61 bits per heavy atom. The van der Waals surface area contributed by atoms with E-state index >= 15 is 0 Å².